The highest BCUT2D eigenvalue weighted by molar-refractivity contribution is 5.83. The van der Waals surface area contributed by atoms with Gasteiger partial charge >= 0.3 is 6.18 Å². The number of alkyl halides is 3. The van der Waals surface area contributed by atoms with E-state index in [2.05, 4.69) is 26.1 Å². The van der Waals surface area contributed by atoms with Gasteiger partial charge in [-0.2, -0.15) is 13.2 Å². The van der Waals surface area contributed by atoms with Crippen LogP contribution >= 0.6 is 0 Å². The second kappa shape index (κ2) is 10.2. The first kappa shape index (κ1) is 25.5. The molecule has 1 saturated carbocycles. The first-order valence-electron chi connectivity index (χ1n) is 12.9. The minimum Gasteiger partial charge on any atom is -0.381 e. The normalized spacial score (nSPS) is 31.3. The zero-order valence-electron chi connectivity index (χ0n) is 20.7. The lowest BCUT2D eigenvalue weighted by Crippen LogP contribution is -2.50. The minimum atomic E-state index is -4.33. The van der Waals surface area contributed by atoms with Gasteiger partial charge in [0.1, 0.15) is 0 Å². The van der Waals surface area contributed by atoms with Crippen molar-refractivity contribution in [3.8, 4) is 0 Å². The lowest BCUT2D eigenvalue weighted by Gasteiger charge is -2.41. The van der Waals surface area contributed by atoms with Gasteiger partial charge in [-0.15, -0.1) is 0 Å². The molecule has 3 fully saturated rings. The summed E-state index contributed by atoms with van der Waals surface area (Å²) in [6, 6.07) is 6.48. The Morgan fingerprint density at radius 2 is 1.91 bits per heavy atom. The van der Waals surface area contributed by atoms with E-state index < -0.39 is 11.7 Å². The predicted octanol–water partition coefficient (Wildman–Crippen LogP) is 5.62. The fraction of sp³-hybridized carbons (Fsp3) is 0.741. The molecule has 2 heterocycles. The number of rotatable bonds is 5. The van der Waals surface area contributed by atoms with Crippen LogP contribution < -0.4 is 5.32 Å². The molecule has 4 atom stereocenters. The van der Waals surface area contributed by atoms with Gasteiger partial charge < -0.3 is 15.0 Å². The van der Waals surface area contributed by atoms with Gasteiger partial charge in [-0.05, 0) is 67.9 Å². The number of likely N-dealkylation sites (tertiary alicyclic amines) is 1. The molecule has 1 N–H and O–H groups in total. The van der Waals surface area contributed by atoms with Crippen molar-refractivity contribution >= 4 is 5.91 Å². The molecule has 34 heavy (non-hydrogen) atoms. The van der Waals surface area contributed by atoms with E-state index in [0.717, 1.165) is 50.5 Å². The number of hydrogen-bond acceptors (Lipinski definition) is 3. The Labute approximate surface area is 201 Å². The second-order valence-electron chi connectivity index (χ2n) is 11.1. The molecule has 2 aliphatic heterocycles. The number of nitrogens with one attached hydrogen (secondary N) is 1. The van der Waals surface area contributed by atoms with Crippen LogP contribution in [0.2, 0.25) is 0 Å². The number of halogens is 3. The van der Waals surface area contributed by atoms with Gasteiger partial charge in [0.2, 0.25) is 5.91 Å². The number of hydrogen-bond donors (Lipinski definition) is 1. The molecule has 4 rings (SSSR count). The lowest BCUT2D eigenvalue weighted by atomic mass is 9.73. The molecule has 1 aromatic rings. The Bertz CT molecular complexity index is 851. The van der Waals surface area contributed by atoms with Crippen molar-refractivity contribution in [3.05, 3.63) is 35.4 Å². The van der Waals surface area contributed by atoms with E-state index in [1.807, 2.05) is 4.90 Å². The summed E-state index contributed by atoms with van der Waals surface area (Å²) < 4.78 is 45.0. The van der Waals surface area contributed by atoms with Crippen LogP contribution in [0.1, 0.15) is 76.3 Å². The van der Waals surface area contributed by atoms with E-state index in [1.165, 1.54) is 12.1 Å². The molecule has 0 spiro atoms. The fourth-order valence-corrected chi connectivity index (χ4v) is 6.31. The Hall–Kier alpha value is -1.60. The summed E-state index contributed by atoms with van der Waals surface area (Å²) in [5.74, 6) is 1.04. The molecule has 4 nitrogen and oxygen atoms in total. The molecule has 3 aliphatic rings. The molecule has 0 aromatic heterocycles. The Balaban J connectivity index is 1.38. The highest BCUT2D eigenvalue weighted by Crippen LogP contribution is 2.47. The zero-order chi connectivity index (χ0) is 24.5. The number of carbonyl (C=O) groups excluding carboxylic acids is 1. The Morgan fingerprint density at radius 3 is 2.56 bits per heavy atom. The first-order valence-corrected chi connectivity index (χ1v) is 12.9. The summed E-state index contributed by atoms with van der Waals surface area (Å²) in [7, 11) is 0. The maximum atomic E-state index is 13.8. The molecule has 2 saturated heterocycles. The average molecular weight is 481 g/mol. The van der Waals surface area contributed by atoms with Gasteiger partial charge in [-0.25, -0.2) is 0 Å². The van der Waals surface area contributed by atoms with Crippen LogP contribution in [0.25, 0.3) is 0 Å². The van der Waals surface area contributed by atoms with E-state index in [0.29, 0.717) is 43.9 Å². The van der Waals surface area contributed by atoms with Crippen LogP contribution in [0.15, 0.2) is 24.3 Å². The summed E-state index contributed by atoms with van der Waals surface area (Å²) in [6.07, 6.45) is 0.877. The third-order valence-corrected chi connectivity index (χ3v) is 8.64. The van der Waals surface area contributed by atoms with Gasteiger partial charge in [-0.3, -0.25) is 4.79 Å². The standard InChI is InChI=1S/C27H39F3N2O2/c1-18(2)26(11-7-23(16-26)31-24-10-14-34-17-19(24)3)25(33)32-12-8-20(9-13-32)21-5-4-6-22(15-21)27(28,29)30/h4-6,15,18-20,23-24,31H,7-14,16-17H2,1-3H3/t19?,23-,24?,26?/m1/s1. The van der Waals surface area contributed by atoms with Gasteiger partial charge in [-0.1, -0.05) is 39.0 Å². The Morgan fingerprint density at radius 1 is 1.18 bits per heavy atom. The monoisotopic (exact) mass is 480 g/mol. The van der Waals surface area contributed by atoms with Crippen molar-refractivity contribution in [2.45, 2.75) is 83.5 Å². The number of carbonyl (C=O) groups is 1. The molecule has 190 valence electrons. The SMILES string of the molecule is CC1COCCC1N[C@@H]1CCC(C(=O)N2CCC(c3cccc(C(F)(F)F)c3)CC2)(C(C)C)C1. The van der Waals surface area contributed by atoms with Crippen LogP contribution in [0.3, 0.4) is 0 Å². The minimum absolute atomic E-state index is 0.0642. The number of ether oxygens (including phenoxy) is 1. The summed E-state index contributed by atoms with van der Waals surface area (Å²) in [4.78, 5) is 15.8. The van der Waals surface area contributed by atoms with Crippen LogP contribution in [-0.2, 0) is 15.7 Å². The first-order chi connectivity index (χ1) is 16.1. The summed E-state index contributed by atoms with van der Waals surface area (Å²) in [5.41, 5.74) is -0.212. The number of benzene rings is 1. The molecule has 0 bridgehead atoms. The molecule has 7 heteroatoms. The second-order valence-corrected chi connectivity index (χ2v) is 11.1. The average Bonchev–Trinajstić information content (AvgIpc) is 3.25. The summed E-state index contributed by atoms with van der Waals surface area (Å²) in [5, 5.41) is 3.84. The predicted molar refractivity (Wildman–Crippen MR) is 126 cm³/mol. The third kappa shape index (κ3) is 5.30. The van der Waals surface area contributed by atoms with E-state index in [-0.39, 0.29) is 23.2 Å². The quantitative estimate of drug-likeness (QED) is 0.595. The van der Waals surface area contributed by atoms with Crippen LogP contribution in [-0.4, -0.2) is 49.2 Å². The topological polar surface area (TPSA) is 41.6 Å². The smallest absolute Gasteiger partial charge is 0.381 e. The van der Waals surface area contributed by atoms with E-state index in [4.69, 9.17) is 4.74 Å². The van der Waals surface area contributed by atoms with E-state index in [1.54, 1.807) is 6.07 Å². The van der Waals surface area contributed by atoms with Gasteiger partial charge in [0.15, 0.2) is 0 Å². The highest BCUT2D eigenvalue weighted by atomic mass is 19.4. The van der Waals surface area contributed by atoms with E-state index in [9.17, 15) is 18.0 Å². The molecule has 0 radical (unpaired) electrons. The van der Waals surface area contributed by atoms with Crippen molar-refractivity contribution in [3.63, 3.8) is 0 Å². The lowest BCUT2D eigenvalue weighted by molar-refractivity contribution is -0.146. The van der Waals surface area contributed by atoms with Gasteiger partial charge in [0.05, 0.1) is 17.6 Å². The molecule has 1 aromatic carbocycles. The fourth-order valence-electron chi connectivity index (χ4n) is 6.31. The number of nitrogens with zero attached hydrogens (tertiary/aromatic N) is 1. The highest BCUT2D eigenvalue weighted by Gasteiger charge is 2.50. The molecular formula is C27H39F3N2O2. The molecule has 1 aliphatic carbocycles. The van der Waals surface area contributed by atoms with Crippen LogP contribution in [0.5, 0.6) is 0 Å². The van der Waals surface area contributed by atoms with Crippen molar-refractivity contribution in [1.82, 2.24) is 10.2 Å². The summed E-state index contributed by atoms with van der Waals surface area (Å²) >= 11 is 0. The van der Waals surface area contributed by atoms with Crippen LogP contribution in [0.4, 0.5) is 13.2 Å². The molecule has 3 unspecified atom stereocenters. The van der Waals surface area contributed by atoms with Crippen molar-refractivity contribution in [2.75, 3.05) is 26.3 Å². The zero-order valence-corrected chi connectivity index (χ0v) is 20.7. The summed E-state index contributed by atoms with van der Waals surface area (Å²) in [6.45, 7) is 9.36. The van der Waals surface area contributed by atoms with Crippen molar-refractivity contribution in [2.24, 2.45) is 17.3 Å². The third-order valence-electron chi connectivity index (χ3n) is 8.64. The molecular weight excluding hydrogens is 441 g/mol. The van der Waals surface area contributed by atoms with Crippen molar-refractivity contribution < 1.29 is 22.7 Å². The molecule has 1 amide bonds. The Kier molecular flexibility index (Phi) is 7.63. The van der Waals surface area contributed by atoms with Crippen molar-refractivity contribution in [1.29, 1.82) is 0 Å². The maximum Gasteiger partial charge on any atom is 0.416 e. The maximum absolute atomic E-state index is 13.8. The largest absolute Gasteiger partial charge is 0.416 e. The number of amides is 1. The van der Waals surface area contributed by atoms with Gasteiger partial charge in [0.25, 0.3) is 0 Å². The van der Waals surface area contributed by atoms with Gasteiger partial charge in [0, 0.05) is 31.8 Å². The van der Waals surface area contributed by atoms with Crippen LogP contribution in [0, 0.1) is 17.3 Å². The van der Waals surface area contributed by atoms with E-state index >= 15 is 0 Å². The number of piperidine rings is 1.